The molecule has 0 heterocycles. The van der Waals surface area contributed by atoms with E-state index in [1.54, 1.807) is 0 Å². The Bertz CT molecular complexity index is 381. The quantitative estimate of drug-likeness (QED) is 0.606. The molecule has 1 rings (SSSR count). The Morgan fingerprint density at radius 1 is 1.57 bits per heavy atom. The van der Waals surface area contributed by atoms with Crippen molar-refractivity contribution in [3.8, 4) is 0 Å². The predicted octanol–water partition coefficient (Wildman–Crippen LogP) is 2.25. The van der Waals surface area contributed by atoms with Crippen LogP contribution in [0.5, 0.6) is 0 Å². The van der Waals surface area contributed by atoms with Crippen LogP contribution in [0.1, 0.15) is 15.9 Å². The van der Waals surface area contributed by atoms with Gasteiger partial charge in [-0.25, -0.2) is 4.79 Å². The topological polar surface area (TPSA) is 80.4 Å². The Morgan fingerprint density at radius 3 is 2.57 bits per heavy atom. The zero-order valence-electron chi connectivity index (χ0n) is 7.15. The van der Waals surface area contributed by atoms with Crippen LogP contribution in [0, 0.1) is 17.0 Å². The van der Waals surface area contributed by atoms with Gasteiger partial charge < -0.3 is 5.11 Å². The summed E-state index contributed by atoms with van der Waals surface area (Å²) < 4.78 is 0. The molecule has 14 heavy (non-hydrogen) atoms. The molecule has 1 aromatic rings. The monoisotopic (exact) mass is 215 g/mol. The normalized spacial score (nSPS) is 9.86. The number of carbonyl (C=O) groups is 1. The minimum atomic E-state index is -1.21. The smallest absolute Gasteiger partial charge is 0.336 e. The van der Waals surface area contributed by atoms with Crippen molar-refractivity contribution in [2.45, 2.75) is 6.92 Å². The summed E-state index contributed by atoms with van der Waals surface area (Å²) in [7, 11) is 0. The van der Waals surface area contributed by atoms with E-state index in [4.69, 9.17) is 16.7 Å². The van der Waals surface area contributed by atoms with Crippen LogP contribution in [0.25, 0.3) is 0 Å². The Kier molecular flexibility index (Phi) is 2.71. The average Bonchev–Trinajstić information content (AvgIpc) is 2.02. The molecule has 74 valence electrons. The second-order valence-corrected chi connectivity index (χ2v) is 3.09. The number of carboxylic acids is 1. The second kappa shape index (κ2) is 3.63. The number of aryl methyl sites for hydroxylation is 1. The van der Waals surface area contributed by atoms with E-state index in [2.05, 4.69) is 0 Å². The van der Waals surface area contributed by atoms with Gasteiger partial charge in [-0.05, 0) is 18.6 Å². The predicted molar refractivity (Wildman–Crippen MR) is 49.8 cm³/mol. The summed E-state index contributed by atoms with van der Waals surface area (Å²) in [6.45, 7) is 1.53. The van der Waals surface area contributed by atoms with Gasteiger partial charge in [-0.1, -0.05) is 11.6 Å². The van der Waals surface area contributed by atoms with Crippen LogP contribution < -0.4 is 0 Å². The lowest BCUT2D eigenvalue weighted by Gasteiger charge is -2.01. The van der Waals surface area contributed by atoms with Crippen molar-refractivity contribution in [3.05, 3.63) is 38.4 Å². The van der Waals surface area contributed by atoms with Crippen molar-refractivity contribution in [2.75, 3.05) is 0 Å². The zero-order chi connectivity index (χ0) is 10.9. The minimum Gasteiger partial charge on any atom is -0.478 e. The Balaban J connectivity index is 3.42. The van der Waals surface area contributed by atoms with Crippen LogP contribution in [0.4, 0.5) is 5.69 Å². The highest BCUT2D eigenvalue weighted by atomic mass is 35.5. The number of nitrogens with zero attached hydrogens (tertiary/aromatic N) is 1. The maximum absolute atomic E-state index is 10.6. The van der Waals surface area contributed by atoms with Crippen molar-refractivity contribution in [2.24, 2.45) is 0 Å². The van der Waals surface area contributed by atoms with Crippen LogP contribution in [0.3, 0.4) is 0 Å². The fraction of sp³-hybridized carbons (Fsp3) is 0.125. The lowest BCUT2D eigenvalue weighted by atomic mass is 10.1. The lowest BCUT2D eigenvalue weighted by Crippen LogP contribution is -2.01. The second-order valence-electron chi connectivity index (χ2n) is 2.68. The fourth-order valence-corrected chi connectivity index (χ4v) is 1.32. The van der Waals surface area contributed by atoms with Crippen molar-refractivity contribution < 1.29 is 14.8 Å². The number of carboxylic acid groups (broad SMARTS) is 1. The molecule has 0 aliphatic rings. The molecule has 0 radical (unpaired) electrons. The Hall–Kier alpha value is -1.62. The van der Waals surface area contributed by atoms with E-state index in [1.807, 2.05) is 0 Å². The molecule has 0 fully saturated rings. The molecule has 0 saturated carbocycles. The van der Waals surface area contributed by atoms with Gasteiger partial charge in [0.2, 0.25) is 0 Å². The van der Waals surface area contributed by atoms with Gasteiger partial charge in [-0.15, -0.1) is 0 Å². The lowest BCUT2D eigenvalue weighted by molar-refractivity contribution is -0.384. The van der Waals surface area contributed by atoms with Crippen LogP contribution in [-0.2, 0) is 0 Å². The van der Waals surface area contributed by atoms with E-state index in [-0.39, 0.29) is 10.6 Å². The van der Waals surface area contributed by atoms with E-state index >= 15 is 0 Å². The van der Waals surface area contributed by atoms with Crippen molar-refractivity contribution in [1.82, 2.24) is 0 Å². The Labute approximate surface area is 84.1 Å². The number of benzene rings is 1. The van der Waals surface area contributed by atoms with Crippen molar-refractivity contribution >= 4 is 23.3 Å². The number of halogens is 1. The molecule has 0 unspecified atom stereocenters. The molecule has 6 heteroatoms. The third-order valence-electron chi connectivity index (χ3n) is 1.72. The van der Waals surface area contributed by atoms with E-state index in [9.17, 15) is 14.9 Å². The molecule has 5 nitrogen and oxygen atoms in total. The van der Waals surface area contributed by atoms with Crippen LogP contribution in [0.15, 0.2) is 12.1 Å². The van der Waals surface area contributed by atoms with Gasteiger partial charge in [0, 0.05) is 6.07 Å². The van der Waals surface area contributed by atoms with Crippen molar-refractivity contribution in [1.29, 1.82) is 0 Å². The first-order chi connectivity index (χ1) is 6.43. The minimum absolute atomic E-state index is 0.0579. The van der Waals surface area contributed by atoms with Crippen LogP contribution in [-0.4, -0.2) is 16.0 Å². The summed E-state index contributed by atoms with van der Waals surface area (Å²) in [4.78, 5) is 20.4. The van der Waals surface area contributed by atoms with E-state index in [0.29, 0.717) is 5.56 Å². The number of nitro groups is 1. The number of aromatic carboxylic acids is 1. The fourth-order valence-electron chi connectivity index (χ4n) is 1.03. The van der Waals surface area contributed by atoms with Crippen LogP contribution >= 0.6 is 11.6 Å². The summed E-state index contributed by atoms with van der Waals surface area (Å²) in [6, 6.07) is 2.23. The molecule has 0 spiro atoms. The molecular weight excluding hydrogens is 210 g/mol. The van der Waals surface area contributed by atoms with Gasteiger partial charge in [0.05, 0.1) is 10.5 Å². The number of nitro benzene ring substituents is 1. The Morgan fingerprint density at radius 2 is 2.14 bits per heavy atom. The maximum Gasteiger partial charge on any atom is 0.336 e. The molecule has 0 atom stereocenters. The van der Waals surface area contributed by atoms with Gasteiger partial charge in [-0.3, -0.25) is 10.1 Å². The van der Waals surface area contributed by atoms with Crippen LogP contribution in [0.2, 0.25) is 5.02 Å². The molecule has 0 aliphatic carbocycles. The maximum atomic E-state index is 10.6. The van der Waals surface area contributed by atoms with Gasteiger partial charge in [0.1, 0.15) is 5.02 Å². The van der Waals surface area contributed by atoms with Gasteiger partial charge in [-0.2, -0.15) is 0 Å². The first-order valence-electron chi connectivity index (χ1n) is 3.61. The van der Waals surface area contributed by atoms with E-state index in [0.717, 1.165) is 6.07 Å². The summed E-state index contributed by atoms with van der Waals surface area (Å²) >= 11 is 5.57. The molecule has 1 aromatic carbocycles. The first-order valence-corrected chi connectivity index (χ1v) is 3.99. The molecular formula is C8H6ClNO4. The molecule has 0 bridgehead atoms. The van der Waals surface area contributed by atoms with Gasteiger partial charge in [0.15, 0.2) is 0 Å². The molecule has 1 N–H and O–H groups in total. The standard InChI is InChI=1S/C8H6ClNO4/c1-4-2-6(9)7(10(13)14)3-5(4)8(11)12/h2-3H,1H3,(H,11,12). The molecule has 0 amide bonds. The zero-order valence-corrected chi connectivity index (χ0v) is 7.91. The largest absolute Gasteiger partial charge is 0.478 e. The SMILES string of the molecule is Cc1cc(Cl)c([N+](=O)[O-])cc1C(=O)O. The molecule has 0 aromatic heterocycles. The van der Waals surface area contributed by atoms with E-state index in [1.165, 1.54) is 13.0 Å². The number of rotatable bonds is 2. The van der Waals surface area contributed by atoms with Gasteiger partial charge >= 0.3 is 5.97 Å². The molecule has 0 aliphatic heterocycles. The van der Waals surface area contributed by atoms with Crippen molar-refractivity contribution in [3.63, 3.8) is 0 Å². The first kappa shape index (κ1) is 10.5. The third-order valence-corrected chi connectivity index (χ3v) is 2.02. The molecule has 0 saturated heterocycles. The summed E-state index contributed by atoms with van der Waals surface area (Å²) in [5.41, 5.74) is -0.108. The highest BCUT2D eigenvalue weighted by molar-refractivity contribution is 6.32. The highest BCUT2D eigenvalue weighted by Crippen LogP contribution is 2.27. The average molecular weight is 216 g/mol. The summed E-state index contributed by atoms with van der Waals surface area (Å²) in [5.74, 6) is -1.21. The number of hydrogen-bond donors (Lipinski definition) is 1. The summed E-state index contributed by atoms with van der Waals surface area (Å²) in [6.07, 6.45) is 0. The third kappa shape index (κ3) is 1.82. The van der Waals surface area contributed by atoms with E-state index < -0.39 is 16.6 Å². The summed E-state index contributed by atoms with van der Waals surface area (Å²) in [5, 5.41) is 19.1. The number of hydrogen-bond acceptors (Lipinski definition) is 3. The van der Waals surface area contributed by atoms with Gasteiger partial charge in [0.25, 0.3) is 5.69 Å². The highest BCUT2D eigenvalue weighted by Gasteiger charge is 2.18.